The molecule has 0 radical (unpaired) electrons. The van der Waals surface area contributed by atoms with Crippen LogP contribution in [0.2, 0.25) is 0 Å². The molecule has 0 aromatic carbocycles. The summed E-state index contributed by atoms with van der Waals surface area (Å²) in [6, 6.07) is 5.64. The van der Waals surface area contributed by atoms with Gasteiger partial charge in [0.05, 0.1) is 0 Å². The van der Waals surface area contributed by atoms with E-state index in [1.165, 1.54) is 50.8 Å². The summed E-state index contributed by atoms with van der Waals surface area (Å²) in [6.45, 7) is 5.71. The van der Waals surface area contributed by atoms with Crippen LogP contribution in [0.1, 0.15) is 43.7 Å². The average molecular weight is 302 g/mol. The van der Waals surface area contributed by atoms with Gasteiger partial charge in [-0.1, -0.05) is 19.3 Å². The van der Waals surface area contributed by atoms with Crippen LogP contribution in [0, 0.1) is 0 Å². The number of piperazine rings is 1. The zero-order valence-electron chi connectivity index (χ0n) is 13.9. The minimum Gasteiger partial charge on any atom is -0.314 e. The monoisotopic (exact) mass is 302 g/mol. The number of rotatable bonds is 5. The van der Waals surface area contributed by atoms with Crippen molar-refractivity contribution in [3.63, 3.8) is 0 Å². The highest BCUT2D eigenvalue weighted by Gasteiger charge is 2.27. The number of pyridine rings is 1. The molecule has 1 unspecified atom stereocenters. The van der Waals surface area contributed by atoms with Gasteiger partial charge in [-0.2, -0.15) is 0 Å². The minimum absolute atomic E-state index is 0.490. The summed E-state index contributed by atoms with van der Waals surface area (Å²) < 4.78 is 0. The lowest BCUT2D eigenvalue weighted by Crippen LogP contribution is -2.48. The molecule has 1 aliphatic heterocycles. The fourth-order valence-electron chi connectivity index (χ4n) is 3.94. The average Bonchev–Trinajstić information content (AvgIpc) is 2.61. The van der Waals surface area contributed by atoms with Gasteiger partial charge in [-0.05, 0) is 37.6 Å². The van der Waals surface area contributed by atoms with Crippen LogP contribution in [0.25, 0.3) is 0 Å². The second-order valence-corrected chi connectivity index (χ2v) is 6.80. The molecule has 2 fully saturated rings. The van der Waals surface area contributed by atoms with Gasteiger partial charge in [-0.15, -0.1) is 0 Å². The van der Waals surface area contributed by atoms with Crippen LogP contribution in [0.5, 0.6) is 0 Å². The molecule has 3 rings (SSSR count). The number of likely N-dealkylation sites (N-methyl/N-ethyl adjacent to an activating group) is 1. The van der Waals surface area contributed by atoms with Gasteiger partial charge in [0.2, 0.25) is 0 Å². The van der Waals surface area contributed by atoms with Crippen LogP contribution >= 0.6 is 0 Å². The topological polar surface area (TPSA) is 31.4 Å². The Kier molecular flexibility index (Phi) is 5.82. The first-order valence-corrected chi connectivity index (χ1v) is 8.89. The van der Waals surface area contributed by atoms with Crippen LogP contribution in [-0.4, -0.2) is 60.6 Å². The molecule has 122 valence electrons. The molecular formula is C18H30N4. The maximum atomic E-state index is 4.20. The molecule has 1 aliphatic carbocycles. The van der Waals surface area contributed by atoms with Crippen molar-refractivity contribution in [1.82, 2.24) is 20.1 Å². The summed E-state index contributed by atoms with van der Waals surface area (Å²) in [5.41, 5.74) is 1.42. The third-order valence-corrected chi connectivity index (χ3v) is 5.37. The Bertz CT molecular complexity index is 424. The van der Waals surface area contributed by atoms with Crippen molar-refractivity contribution in [2.75, 3.05) is 39.8 Å². The zero-order chi connectivity index (χ0) is 15.2. The lowest BCUT2D eigenvalue weighted by molar-refractivity contribution is 0.0966. The van der Waals surface area contributed by atoms with E-state index in [0.29, 0.717) is 6.04 Å². The summed E-state index contributed by atoms with van der Waals surface area (Å²) in [5, 5.41) is 3.46. The smallest absolute Gasteiger partial charge is 0.0476 e. The van der Waals surface area contributed by atoms with E-state index in [1.807, 2.05) is 12.4 Å². The molecule has 1 aromatic rings. The Morgan fingerprint density at radius 1 is 1.18 bits per heavy atom. The molecule has 1 N–H and O–H groups in total. The quantitative estimate of drug-likeness (QED) is 0.904. The van der Waals surface area contributed by atoms with Crippen molar-refractivity contribution in [3.8, 4) is 0 Å². The van der Waals surface area contributed by atoms with Crippen molar-refractivity contribution in [2.45, 2.75) is 44.2 Å². The number of nitrogens with one attached hydrogen (secondary N) is 1. The molecule has 4 heteroatoms. The van der Waals surface area contributed by atoms with Gasteiger partial charge in [0.25, 0.3) is 0 Å². The second-order valence-electron chi connectivity index (χ2n) is 6.80. The van der Waals surface area contributed by atoms with Crippen LogP contribution in [0.3, 0.4) is 0 Å². The standard InChI is InChI=1S/C18H30N4/c1-21(17-5-3-2-4-6-17)18(16-7-9-19-10-8-16)15-22-13-11-20-12-14-22/h7-10,17-18,20H,2-6,11-15H2,1H3. The summed E-state index contributed by atoms with van der Waals surface area (Å²) in [6.07, 6.45) is 10.8. The number of aromatic nitrogens is 1. The maximum absolute atomic E-state index is 4.20. The Balaban J connectivity index is 1.72. The third-order valence-electron chi connectivity index (χ3n) is 5.37. The van der Waals surface area contributed by atoms with Gasteiger partial charge in [0.1, 0.15) is 0 Å². The fourth-order valence-corrected chi connectivity index (χ4v) is 3.94. The van der Waals surface area contributed by atoms with E-state index in [9.17, 15) is 0 Å². The minimum atomic E-state index is 0.490. The lowest BCUT2D eigenvalue weighted by atomic mass is 9.92. The predicted molar refractivity (Wildman–Crippen MR) is 90.9 cm³/mol. The van der Waals surface area contributed by atoms with Gasteiger partial charge in [0.15, 0.2) is 0 Å². The van der Waals surface area contributed by atoms with E-state index < -0.39 is 0 Å². The van der Waals surface area contributed by atoms with Crippen LogP contribution < -0.4 is 5.32 Å². The van der Waals surface area contributed by atoms with E-state index in [-0.39, 0.29) is 0 Å². The SMILES string of the molecule is CN(C1CCCCC1)C(CN1CCNCC1)c1ccncc1. The number of nitrogens with zero attached hydrogens (tertiary/aromatic N) is 3. The van der Waals surface area contributed by atoms with Crippen molar-refractivity contribution in [3.05, 3.63) is 30.1 Å². The van der Waals surface area contributed by atoms with Gasteiger partial charge in [0, 0.05) is 57.2 Å². The first-order valence-electron chi connectivity index (χ1n) is 8.89. The normalized spacial score (nSPS) is 22.8. The highest BCUT2D eigenvalue weighted by atomic mass is 15.2. The molecule has 1 atom stereocenters. The number of hydrogen-bond acceptors (Lipinski definition) is 4. The Morgan fingerprint density at radius 2 is 1.86 bits per heavy atom. The Morgan fingerprint density at radius 3 is 2.55 bits per heavy atom. The molecular weight excluding hydrogens is 272 g/mol. The molecule has 4 nitrogen and oxygen atoms in total. The van der Waals surface area contributed by atoms with Crippen molar-refractivity contribution >= 4 is 0 Å². The van der Waals surface area contributed by atoms with E-state index in [1.54, 1.807) is 0 Å². The summed E-state index contributed by atoms with van der Waals surface area (Å²) >= 11 is 0. The summed E-state index contributed by atoms with van der Waals surface area (Å²) in [5.74, 6) is 0. The van der Waals surface area contributed by atoms with Crippen LogP contribution in [0.4, 0.5) is 0 Å². The van der Waals surface area contributed by atoms with Gasteiger partial charge in [-0.25, -0.2) is 0 Å². The summed E-state index contributed by atoms with van der Waals surface area (Å²) in [7, 11) is 2.34. The highest BCUT2D eigenvalue weighted by molar-refractivity contribution is 5.16. The Labute approximate surface area is 134 Å². The lowest BCUT2D eigenvalue weighted by Gasteiger charge is -2.40. The number of hydrogen-bond donors (Lipinski definition) is 1. The van der Waals surface area contributed by atoms with Crippen LogP contribution in [-0.2, 0) is 0 Å². The zero-order valence-corrected chi connectivity index (χ0v) is 13.9. The molecule has 2 aliphatic rings. The largest absolute Gasteiger partial charge is 0.314 e. The van der Waals surface area contributed by atoms with Gasteiger partial charge >= 0.3 is 0 Å². The van der Waals surface area contributed by atoms with Crippen molar-refractivity contribution in [1.29, 1.82) is 0 Å². The molecule has 0 bridgehead atoms. The van der Waals surface area contributed by atoms with E-state index in [2.05, 4.69) is 39.3 Å². The van der Waals surface area contributed by atoms with Crippen molar-refractivity contribution in [2.24, 2.45) is 0 Å². The van der Waals surface area contributed by atoms with E-state index in [4.69, 9.17) is 0 Å². The Hall–Kier alpha value is -0.970. The molecule has 1 saturated heterocycles. The second kappa shape index (κ2) is 8.04. The molecule has 2 heterocycles. The predicted octanol–water partition coefficient (Wildman–Crippen LogP) is 2.29. The van der Waals surface area contributed by atoms with Crippen molar-refractivity contribution < 1.29 is 0 Å². The molecule has 0 spiro atoms. The van der Waals surface area contributed by atoms with E-state index >= 15 is 0 Å². The van der Waals surface area contributed by atoms with E-state index in [0.717, 1.165) is 25.7 Å². The summed E-state index contributed by atoms with van der Waals surface area (Å²) in [4.78, 5) is 9.47. The first-order chi connectivity index (χ1) is 10.8. The fraction of sp³-hybridized carbons (Fsp3) is 0.722. The molecule has 0 amide bonds. The van der Waals surface area contributed by atoms with Gasteiger partial charge < -0.3 is 5.32 Å². The molecule has 1 saturated carbocycles. The van der Waals surface area contributed by atoms with Crippen LogP contribution in [0.15, 0.2) is 24.5 Å². The molecule has 1 aromatic heterocycles. The third kappa shape index (κ3) is 4.06. The first kappa shape index (κ1) is 15.9. The van der Waals surface area contributed by atoms with Gasteiger partial charge in [-0.3, -0.25) is 14.8 Å². The maximum Gasteiger partial charge on any atom is 0.0476 e. The highest BCUT2D eigenvalue weighted by Crippen LogP contribution is 2.29. The molecule has 22 heavy (non-hydrogen) atoms.